The summed E-state index contributed by atoms with van der Waals surface area (Å²) in [5, 5.41) is 19.8. The molecule has 6 heteroatoms. The van der Waals surface area contributed by atoms with Crippen LogP contribution in [0.5, 0.6) is 0 Å². The molecule has 1 fully saturated rings. The summed E-state index contributed by atoms with van der Waals surface area (Å²) in [4.78, 5) is 0. The fraction of sp³-hybridized carbons (Fsp3) is 0.500. The predicted octanol–water partition coefficient (Wildman–Crippen LogP) is 4.67. The van der Waals surface area contributed by atoms with Crippen LogP contribution in [0.25, 0.3) is 0 Å². The highest BCUT2D eigenvalue weighted by atomic mass is 19.4. The Morgan fingerprint density at radius 1 is 1.07 bits per heavy atom. The molecule has 2 aromatic rings. The molecule has 4 rings (SSSR count). The van der Waals surface area contributed by atoms with E-state index in [4.69, 9.17) is 4.74 Å². The molecule has 1 saturated heterocycles. The zero-order valence-corrected chi connectivity index (χ0v) is 17.0. The minimum absolute atomic E-state index is 0.129. The lowest BCUT2D eigenvalue weighted by Gasteiger charge is -2.34. The topological polar surface area (TPSA) is 49.7 Å². The van der Waals surface area contributed by atoms with Crippen molar-refractivity contribution in [3.05, 3.63) is 69.3 Å². The SMILES string of the molecule is Cc1c(C2CC(O)CC(CO)O2)cc(Cc2ccc(C(F)(F)F)cc2)c2c1CCC2. The van der Waals surface area contributed by atoms with Gasteiger partial charge in [-0.05, 0) is 78.1 Å². The van der Waals surface area contributed by atoms with E-state index in [-0.39, 0.29) is 18.8 Å². The van der Waals surface area contributed by atoms with Gasteiger partial charge in [-0.2, -0.15) is 13.2 Å². The molecule has 0 bridgehead atoms. The lowest BCUT2D eigenvalue weighted by Crippen LogP contribution is -2.34. The molecule has 0 amide bonds. The Kier molecular flexibility index (Phi) is 5.93. The Morgan fingerprint density at radius 2 is 1.77 bits per heavy atom. The van der Waals surface area contributed by atoms with E-state index < -0.39 is 17.8 Å². The van der Waals surface area contributed by atoms with Crippen LogP contribution >= 0.6 is 0 Å². The van der Waals surface area contributed by atoms with E-state index in [1.165, 1.54) is 16.7 Å². The summed E-state index contributed by atoms with van der Waals surface area (Å²) in [5.74, 6) is 0. The molecule has 3 nitrogen and oxygen atoms in total. The summed E-state index contributed by atoms with van der Waals surface area (Å²) in [6.07, 6.45) is -1.04. The molecule has 3 unspecified atom stereocenters. The number of ether oxygens (including phenoxy) is 1. The van der Waals surface area contributed by atoms with Crippen LogP contribution < -0.4 is 0 Å². The lowest BCUT2D eigenvalue weighted by atomic mass is 9.86. The summed E-state index contributed by atoms with van der Waals surface area (Å²) >= 11 is 0. The van der Waals surface area contributed by atoms with E-state index in [2.05, 4.69) is 13.0 Å². The second-order valence-electron chi connectivity index (χ2n) is 8.49. The molecule has 1 aliphatic heterocycles. The number of hydrogen-bond acceptors (Lipinski definition) is 3. The van der Waals surface area contributed by atoms with Crippen molar-refractivity contribution in [1.82, 2.24) is 0 Å². The standard InChI is InChI=1S/C24H27F3O3/c1-14-20-3-2-4-21(20)16(9-15-5-7-17(8-6-15)24(25,26)27)10-22(14)23-12-18(29)11-19(13-28)30-23/h5-8,10,18-19,23,28-29H,2-4,9,11-13H2,1H3. The van der Waals surface area contributed by atoms with Crippen LogP contribution in [-0.2, 0) is 30.2 Å². The van der Waals surface area contributed by atoms with Crippen molar-refractivity contribution in [3.63, 3.8) is 0 Å². The first-order valence-electron chi connectivity index (χ1n) is 10.5. The van der Waals surface area contributed by atoms with Gasteiger partial charge in [0.15, 0.2) is 0 Å². The molecule has 2 N–H and O–H groups in total. The highest BCUT2D eigenvalue weighted by Crippen LogP contribution is 2.39. The van der Waals surface area contributed by atoms with Crippen LogP contribution in [0.2, 0.25) is 0 Å². The highest BCUT2D eigenvalue weighted by molar-refractivity contribution is 5.50. The van der Waals surface area contributed by atoms with Crippen molar-refractivity contribution in [2.75, 3.05) is 6.61 Å². The van der Waals surface area contributed by atoms with Gasteiger partial charge in [-0.3, -0.25) is 0 Å². The van der Waals surface area contributed by atoms with Crippen molar-refractivity contribution >= 4 is 0 Å². The maximum atomic E-state index is 12.9. The molecule has 3 atom stereocenters. The van der Waals surface area contributed by atoms with Crippen molar-refractivity contribution < 1.29 is 28.1 Å². The van der Waals surface area contributed by atoms with Gasteiger partial charge < -0.3 is 14.9 Å². The fourth-order valence-corrected chi connectivity index (χ4v) is 4.90. The first kappa shape index (κ1) is 21.3. The number of halogens is 3. The Bertz CT molecular complexity index is 905. The summed E-state index contributed by atoms with van der Waals surface area (Å²) in [6.45, 7) is 1.95. The molecule has 1 aliphatic carbocycles. The van der Waals surface area contributed by atoms with Crippen molar-refractivity contribution in [1.29, 1.82) is 0 Å². The van der Waals surface area contributed by atoms with Gasteiger partial charge in [0.2, 0.25) is 0 Å². The summed E-state index contributed by atoms with van der Waals surface area (Å²) < 4.78 is 44.7. The van der Waals surface area contributed by atoms with Gasteiger partial charge in [-0.25, -0.2) is 0 Å². The van der Waals surface area contributed by atoms with E-state index in [1.807, 2.05) is 0 Å². The number of aliphatic hydroxyl groups is 2. The number of benzene rings is 2. The van der Waals surface area contributed by atoms with Gasteiger partial charge in [0.1, 0.15) is 0 Å². The monoisotopic (exact) mass is 420 g/mol. The molecule has 0 aromatic heterocycles. The van der Waals surface area contributed by atoms with Gasteiger partial charge in [0, 0.05) is 12.8 Å². The molecule has 162 valence electrons. The second-order valence-corrected chi connectivity index (χ2v) is 8.49. The Morgan fingerprint density at radius 3 is 2.43 bits per heavy atom. The van der Waals surface area contributed by atoms with Crippen molar-refractivity contribution in [2.45, 2.75) is 69.9 Å². The Labute approximate surface area is 174 Å². The second kappa shape index (κ2) is 8.33. The maximum absolute atomic E-state index is 12.9. The van der Waals surface area contributed by atoms with Crippen LogP contribution in [0.4, 0.5) is 13.2 Å². The zero-order valence-electron chi connectivity index (χ0n) is 17.0. The third-order valence-electron chi connectivity index (χ3n) is 6.43. The first-order valence-corrected chi connectivity index (χ1v) is 10.5. The number of alkyl halides is 3. The van der Waals surface area contributed by atoms with E-state index in [9.17, 15) is 23.4 Å². The third-order valence-corrected chi connectivity index (χ3v) is 6.43. The van der Waals surface area contributed by atoms with Crippen molar-refractivity contribution in [2.24, 2.45) is 0 Å². The minimum atomic E-state index is -4.33. The molecule has 1 heterocycles. The molecule has 0 saturated carbocycles. The van der Waals surface area contributed by atoms with Gasteiger partial charge in [0.25, 0.3) is 0 Å². The molecular formula is C24H27F3O3. The van der Waals surface area contributed by atoms with Gasteiger partial charge in [0.05, 0.1) is 30.5 Å². The lowest BCUT2D eigenvalue weighted by molar-refractivity contribution is -0.137. The average molecular weight is 420 g/mol. The summed E-state index contributed by atoms with van der Waals surface area (Å²) in [7, 11) is 0. The van der Waals surface area contributed by atoms with Gasteiger partial charge in [-0.15, -0.1) is 0 Å². The number of fused-ring (bicyclic) bond motifs is 1. The van der Waals surface area contributed by atoms with E-state index in [1.54, 1.807) is 12.1 Å². The highest BCUT2D eigenvalue weighted by Gasteiger charge is 2.32. The Hall–Kier alpha value is -1.89. The van der Waals surface area contributed by atoms with Crippen molar-refractivity contribution in [3.8, 4) is 0 Å². The van der Waals surface area contributed by atoms with Gasteiger partial charge in [-0.1, -0.05) is 18.2 Å². The quantitative estimate of drug-likeness (QED) is 0.756. The molecule has 2 aromatic carbocycles. The molecular weight excluding hydrogens is 393 g/mol. The van der Waals surface area contributed by atoms with Crippen LogP contribution in [-0.4, -0.2) is 29.0 Å². The van der Waals surface area contributed by atoms with Crippen LogP contribution in [0.3, 0.4) is 0 Å². The number of rotatable bonds is 4. The average Bonchev–Trinajstić information content (AvgIpc) is 3.20. The first-order chi connectivity index (χ1) is 14.3. The van der Waals surface area contributed by atoms with Gasteiger partial charge >= 0.3 is 6.18 Å². The summed E-state index contributed by atoms with van der Waals surface area (Å²) in [6, 6.07) is 7.47. The molecule has 30 heavy (non-hydrogen) atoms. The third kappa shape index (κ3) is 4.27. The van der Waals surface area contributed by atoms with Crippen LogP contribution in [0, 0.1) is 6.92 Å². The molecule has 0 spiro atoms. The largest absolute Gasteiger partial charge is 0.416 e. The molecule has 0 radical (unpaired) electrons. The smallest absolute Gasteiger partial charge is 0.394 e. The van der Waals surface area contributed by atoms with Crippen LogP contribution in [0.1, 0.15) is 64.3 Å². The predicted molar refractivity (Wildman–Crippen MR) is 107 cm³/mol. The normalized spacial score (nSPS) is 24.1. The van der Waals surface area contributed by atoms with E-state index in [0.29, 0.717) is 19.3 Å². The summed E-state index contributed by atoms with van der Waals surface area (Å²) in [5.41, 5.74) is 6.12. The molecule has 2 aliphatic rings. The number of hydrogen-bond donors (Lipinski definition) is 2. The zero-order chi connectivity index (χ0) is 21.5. The maximum Gasteiger partial charge on any atom is 0.416 e. The fourth-order valence-electron chi connectivity index (χ4n) is 4.90. The van der Waals surface area contributed by atoms with Crippen LogP contribution in [0.15, 0.2) is 30.3 Å². The van der Waals surface area contributed by atoms with E-state index >= 15 is 0 Å². The number of aliphatic hydroxyl groups excluding tert-OH is 2. The minimum Gasteiger partial charge on any atom is -0.394 e. The van der Waals surface area contributed by atoms with E-state index in [0.717, 1.165) is 48.1 Å². The Balaban J connectivity index is 1.67.